The van der Waals surface area contributed by atoms with E-state index in [1.807, 2.05) is 4.90 Å². The molecular formula is C18H16F3N3O2. The summed E-state index contributed by atoms with van der Waals surface area (Å²) in [6.07, 6.45) is 3.21. The van der Waals surface area contributed by atoms with Crippen LogP contribution in [0, 0.1) is 12.3 Å². The van der Waals surface area contributed by atoms with Crippen LogP contribution in [0.5, 0.6) is 0 Å². The quantitative estimate of drug-likeness (QED) is 0.735. The van der Waals surface area contributed by atoms with Gasteiger partial charge in [0.25, 0.3) is 0 Å². The predicted molar refractivity (Wildman–Crippen MR) is 86.4 cm³/mol. The third-order valence-electron chi connectivity index (χ3n) is 4.02. The van der Waals surface area contributed by atoms with Gasteiger partial charge in [0.15, 0.2) is 0 Å². The van der Waals surface area contributed by atoms with Gasteiger partial charge in [0.1, 0.15) is 0 Å². The minimum absolute atomic E-state index is 0.0162. The first-order valence-corrected chi connectivity index (χ1v) is 8.11. The standard InChI is InChI=1S/C18H16F3N3O2/c1-2-3-4-15(25)24(14-9-10-14)11-12-5-7-13(8-6-12)16-22-17(26-23-16)18(19,20)21/h1,5-8,14H,3-4,9-11H2. The van der Waals surface area contributed by atoms with Gasteiger partial charge in [-0.3, -0.25) is 4.79 Å². The van der Waals surface area contributed by atoms with E-state index in [4.69, 9.17) is 6.42 Å². The highest BCUT2D eigenvalue weighted by atomic mass is 19.4. The molecule has 1 amide bonds. The Balaban J connectivity index is 1.70. The average Bonchev–Trinajstić information content (AvgIpc) is 3.31. The van der Waals surface area contributed by atoms with E-state index < -0.39 is 12.1 Å². The molecule has 0 radical (unpaired) electrons. The molecule has 1 fully saturated rings. The summed E-state index contributed by atoms with van der Waals surface area (Å²) < 4.78 is 41.8. The molecule has 1 aliphatic rings. The second-order valence-electron chi connectivity index (χ2n) is 6.07. The second kappa shape index (κ2) is 7.20. The predicted octanol–water partition coefficient (Wildman–Crippen LogP) is 3.66. The van der Waals surface area contributed by atoms with Crippen LogP contribution in [0.25, 0.3) is 11.4 Å². The van der Waals surface area contributed by atoms with Gasteiger partial charge in [-0.1, -0.05) is 29.4 Å². The number of aromatic nitrogens is 2. The van der Waals surface area contributed by atoms with Crippen molar-refractivity contribution in [3.63, 3.8) is 0 Å². The molecule has 0 N–H and O–H groups in total. The molecule has 1 heterocycles. The van der Waals surface area contributed by atoms with Gasteiger partial charge in [0, 0.05) is 31.0 Å². The SMILES string of the molecule is C#CCCC(=O)N(Cc1ccc(-c2noc(C(F)(F)F)n2)cc1)C1CC1. The summed E-state index contributed by atoms with van der Waals surface area (Å²) in [4.78, 5) is 17.4. The summed E-state index contributed by atoms with van der Waals surface area (Å²) >= 11 is 0. The number of carbonyl (C=O) groups excluding carboxylic acids is 1. The highest BCUT2D eigenvalue weighted by Gasteiger charge is 2.38. The number of halogens is 3. The van der Waals surface area contributed by atoms with Crippen molar-refractivity contribution in [1.82, 2.24) is 15.0 Å². The minimum Gasteiger partial charge on any atom is -0.335 e. The van der Waals surface area contributed by atoms with E-state index in [1.165, 1.54) is 0 Å². The molecule has 0 saturated heterocycles. The molecule has 0 atom stereocenters. The molecule has 1 saturated carbocycles. The number of benzene rings is 1. The molecule has 5 nitrogen and oxygen atoms in total. The summed E-state index contributed by atoms with van der Waals surface area (Å²) in [7, 11) is 0. The third kappa shape index (κ3) is 4.23. The maximum atomic E-state index is 12.5. The van der Waals surface area contributed by atoms with Crippen LogP contribution in [-0.4, -0.2) is 27.0 Å². The first-order valence-electron chi connectivity index (χ1n) is 8.11. The van der Waals surface area contributed by atoms with E-state index in [1.54, 1.807) is 24.3 Å². The van der Waals surface area contributed by atoms with Gasteiger partial charge >= 0.3 is 12.1 Å². The molecule has 8 heteroatoms. The first kappa shape index (κ1) is 18.0. The molecule has 26 heavy (non-hydrogen) atoms. The lowest BCUT2D eigenvalue weighted by atomic mass is 10.1. The Labute approximate surface area is 148 Å². The molecule has 1 aromatic heterocycles. The molecule has 136 valence electrons. The van der Waals surface area contributed by atoms with Crippen LogP contribution in [-0.2, 0) is 17.5 Å². The number of amides is 1. The number of rotatable bonds is 6. The zero-order valence-electron chi connectivity index (χ0n) is 13.8. The lowest BCUT2D eigenvalue weighted by Crippen LogP contribution is -2.32. The van der Waals surface area contributed by atoms with Gasteiger partial charge in [-0.15, -0.1) is 12.3 Å². The summed E-state index contributed by atoms with van der Waals surface area (Å²) in [5.74, 6) is 0.970. The number of terminal acetylenes is 1. The molecular weight excluding hydrogens is 347 g/mol. The highest BCUT2D eigenvalue weighted by molar-refractivity contribution is 5.77. The summed E-state index contributed by atoms with van der Waals surface area (Å²) in [6.45, 7) is 0.439. The molecule has 2 aromatic rings. The van der Waals surface area contributed by atoms with Crippen LogP contribution in [0.15, 0.2) is 28.8 Å². The largest absolute Gasteiger partial charge is 0.471 e. The molecule has 1 aliphatic carbocycles. The van der Waals surface area contributed by atoms with Crippen molar-refractivity contribution in [2.24, 2.45) is 0 Å². The Morgan fingerprint density at radius 2 is 2.00 bits per heavy atom. The number of hydrogen-bond donors (Lipinski definition) is 0. The zero-order valence-corrected chi connectivity index (χ0v) is 13.8. The van der Waals surface area contributed by atoms with Gasteiger partial charge in [-0.2, -0.15) is 18.2 Å². The smallest absolute Gasteiger partial charge is 0.335 e. The van der Waals surface area contributed by atoms with Crippen molar-refractivity contribution < 1.29 is 22.5 Å². The van der Waals surface area contributed by atoms with Gasteiger partial charge in [-0.05, 0) is 18.4 Å². The van der Waals surface area contributed by atoms with E-state index in [0.29, 0.717) is 24.9 Å². The molecule has 1 aromatic carbocycles. The average molecular weight is 363 g/mol. The highest BCUT2D eigenvalue weighted by Crippen LogP contribution is 2.31. The van der Waals surface area contributed by atoms with E-state index >= 15 is 0 Å². The van der Waals surface area contributed by atoms with Crippen molar-refractivity contribution >= 4 is 5.91 Å². The Bertz CT molecular complexity index is 817. The first-order chi connectivity index (χ1) is 12.4. The summed E-state index contributed by atoms with van der Waals surface area (Å²) in [5.41, 5.74) is 1.28. The van der Waals surface area contributed by atoms with E-state index in [9.17, 15) is 18.0 Å². The number of alkyl halides is 3. The maximum absolute atomic E-state index is 12.5. The van der Waals surface area contributed by atoms with Gasteiger partial charge in [-0.25, -0.2) is 0 Å². The molecule has 0 aliphatic heterocycles. The number of carbonyl (C=O) groups is 1. The Hall–Kier alpha value is -2.82. The van der Waals surface area contributed by atoms with E-state index in [2.05, 4.69) is 20.6 Å². The fraction of sp³-hybridized carbons (Fsp3) is 0.389. The summed E-state index contributed by atoms with van der Waals surface area (Å²) in [5, 5.41) is 3.35. The van der Waals surface area contributed by atoms with Gasteiger partial charge in [0.05, 0.1) is 0 Å². The van der Waals surface area contributed by atoms with Crippen LogP contribution in [0.4, 0.5) is 13.2 Å². The lowest BCUT2D eigenvalue weighted by molar-refractivity contribution is -0.159. The Morgan fingerprint density at radius 1 is 1.31 bits per heavy atom. The van der Waals surface area contributed by atoms with Crippen LogP contribution in [0.3, 0.4) is 0 Å². The fourth-order valence-corrected chi connectivity index (χ4v) is 2.54. The summed E-state index contributed by atoms with van der Waals surface area (Å²) in [6, 6.07) is 6.94. The second-order valence-corrected chi connectivity index (χ2v) is 6.07. The van der Waals surface area contributed by atoms with Gasteiger partial charge < -0.3 is 9.42 Å². The topological polar surface area (TPSA) is 59.2 Å². The lowest BCUT2D eigenvalue weighted by Gasteiger charge is -2.22. The van der Waals surface area contributed by atoms with Gasteiger partial charge in [0.2, 0.25) is 11.7 Å². The fourth-order valence-electron chi connectivity index (χ4n) is 2.54. The van der Waals surface area contributed by atoms with Crippen LogP contribution in [0.2, 0.25) is 0 Å². The van der Waals surface area contributed by atoms with Crippen molar-refractivity contribution in [3.05, 3.63) is 35.7 Å². The molecule has 0 bridgehead atoms. The van der Waals surface area contributed by atoms with Crippen molar-refractivity contribution in [1.29, 1.82) is 0 Å². The maximum Gasteiger partial charge on any atom is 0.471 e. The minimum atomic E-state index is -4.67. The van der Waals surface area contributed by atoms with Crippen molar-refractivity contribution in [3.8, 4) is 23.7 Å². The third-order valence-corrected chi connectivity index (χ3v) is 4.02. The van der Waals surface area contributed by atoms with E-state index in [0.717, 1.165) is 18.4 Å². The van der Waals surface area contributed by atoms with Crippen molar-refractivity contribution in [2.75, 3.05) is 0 Å². The molecule has 0 spiro atoms. The molecule has 3 rings (SSSR count). The van der Waals surface area contributed by atoms with E-state index in [-0.39, 0.29) is 17.8 Å². The zero-order chi connectivity index (χ0) is 18.7. The Kier molecular flexibility index (Phi) is 4.98. The normalized spacial score (nSPS) is 14.1. The van der Waals surface area contributed by atoms with Crippen LogP contribution in [0.1, 0.15) is 37.1 Å². The van der Waals surface area contributed by atoms with Crippen molar-refractivity contribution in [2.45, 2.75) is 44.4 Å². The monoisotopic (exact) mass is 363 g/mol. The Morgan fingerprint density at radius 3 is 2.54 bits per heavy atom. The molecule has 0 unspecified atom stereocenters. The van der Waals surface area contributed by atoms with Crippen LogP contribution >= 0.6 is 0 Å². The van der Waals surface area contributed by atoms with Crippen LogP contribution < -0.4 is 0 Å². The number of nitrogens with zero attached hydrogens (tertiary/aromatic N) is 3. The number of hydrogen-bond acceptors (Lipinski definition) is 4.